The maximum absolute atomic E-state index is 6.22. The van der Waals surface area contributed by atoms with E-state index in [4.69, 9.17) is 24.5 Å². The Hall–Kier alpha value is -1.99. The standard InChI is InChI=1S/C15H19N3O4.ClH/c1-19-10-7-9(8-11(20-2)12(10)21-3)13-17-14(18-22-13)15(16)5-4-6-15;/h7-8H,4-6,16H2,1-3H3;1H. The van der Waals surface area contributed by atoms with E-state index in [1.165, 1.54) is 0 Å². The Morgan fingerprint density at radius 1 is 1.09 bits per heavy atom. The molecule has 0 amide bonds. The minimum absolute atomic E-state index is 0. The molecule has 7 nitrogen and oxygen atoms in total. The first-order valence-electron chi connectivity index (χ1n) is 7.05. The molecule has 1 aromatic carbocycles. The number of methoxy groups -OCH3 is 3. The average Bonchev–Trinajstić information content (AvgIpc) is 3.01. The summed E-state index contributed by atoms with van der Waals surface area (Å²) >= 11 is 0. The van der Waals surface area contributed by atoms with Crippen molar-refractivity contribution >= 4 is 12.4 Å². The number of nitrogens with zero attached hydrogens (tertiary/aromatic N) is 2. The molecule has 1 aromatic heterocycles. The number of halogens is 1. The summed E-state index contributed by atoms with van der Waals surface area (Å²) < 4.78 is 21.3. The van der Waals surface area contributed by atoms with Gasteiger partial charge in [-0.1, -0.05) is 5.16 Å². The van der Waals surface area contributed by atoms with Crippen molar-refractivity contribution < 1.29 is 18.7 Å². The Labute approximate surface area is 140 Å². The maximum atomic E-state index is 6.22. The number of nitrogens with two attached hydrogens (primary N) is 1. The molecule has 3 rings (SSSR count). The third-order valence-corrected chi connectivity index (χ3v) is 4.03. The van der Waals surface area contributed by atoms with E-state index in [-0.39, 0.29) is 12.4 Å². The zero-order valence-electron chi connectivity index (χ0n) is 13.3. The van der Waals surface area contributed by atoms with Crippen LogP contribution >= 0.6 is 12.4 Å². The van der Waals surface area contributed by atoms with Crippen molar-refractivity contribution in [2.24, 2.45) is 5.73 Å². The molecule has 23 heavy (non-hydrogen) atoms. The monoisotopic (exact) mass is 341 g/mol. The summed E-state index contributed by atoms with van der Waals surface area (Å²) in [5.74, 6) is 2.50. The van der Waals surface area contributed by atoms with Crippen molar-refractivity contribution in [2.75, 3.05) is 21.3 Å². The Morgan fingerprint density at radius 3 is 2.13 bits per heavy atom. The largest absolute Gasteiger partial charge is 0.493 e. The molecule has 2 N–H and O–H groups in total. The van der Waals surface area contributed by atoms with Crippen molar-refractivity contribution in [2.45, 2.75) is 24.8 Å². The summed E-state index contributed by atoms with van der Waals surface area (Å²) in [7, 11) is 4.67. The predicted molar refractivity (Wildman–Crippen MR) is 86.4 cm³/mol. The number of aromatic nitrogens is 2. The molecule has 126 valence electrons. The van der Waals surface area contributed by atoms with Crippen molar-refractivity contribution in [1.29, 1.82) is 0 Å². The van der Waals surface area contributed by atoms with Gasteiger partial charge >= 0.3 is 0 Å². The van der Waals surface area contributed by atoms with Gasteiger partial charge in [0.25, 0.3) is 5.89 Å². The van der Waals surface area contributed by atoms with Gasteiger partial charge < -0.3 is 24.5 Å². The van der Waals surface area contributed by atoms with Crippen LogP contribution in [0.3, 0.4) is 0 Å². The van der Waals surface area contributed by atoms with Crippen molar-refractivity contribution in [3.05, 3.63) is 18.0 Å². The average molecular weight is 342 g/mol. The van der Waals surface area contributed by atoms with E-state index < -0.39 is 5.54 Å². The van der Waals surface area contributed by atoms with Crippen LogP contribution in [0.5, 0.6) is 17.2 Å². The van der Waals surface area contributed by atoms with E-state index >= 15 is 0 Å². The van der Waals surface area contributed by atoms with E-state index in [1.807, 2.05) is 0 Å². The van der Waals surface area contributed by atoms with Crippen LogP contribution in [0.2, 0.25) is 0 Å². The van der Waals surface area contributed by atoms with Crippen LogP contribution in [0.1, 0.15) is 25.1 Å². The Balaban J connectivity index is 0.00000192. The molecule has 1 aliphatic carbocycles. The number of ether oxygens (including phenoxy) is 3. The SMILES string of the molecule is COc1cc(-c2nc(C3(N)CCC3)no2)cc(OC)c1OC.Cl. The zero-order chi connectivity index (χ0) is 15.7. The van der Waals surface area contributed by atoms with Gasteiger partial charge in [0.2, 0.25) is 5.75 Å². The van der Waals surface area contributed by atoms with Crippen LogP contribution in [0, 0.1) is 0 Å². The molecular formula is C15H20ClN3O4. The van der Waals surface area contributed by atoms with Gasteiger partial charge in [-0.2, -0.15) is 4.98 Å². The lowest BCUT2D eigenvalue weighted by Gasteiger charge is -2.34. The highest BCUT2D eigenvalue weighted by Crippen LogP contribution is 2.42. The van der Waals surface area contributed by atoms with E-state index in [2.05, 4.69) is 10.1 Å². The third kappa shape index (κ3) is 2.94. The first kappa shape index (κ1) is 17.4. The highest BCUT2D eigenvalue weighted by molar-refractivity contribution is 5.85. The first-order valence-corrected chi connectivity index (χ1v) is 7.05. The molecule has 2 aromatic rings. The normalized spacial score (nSPS) is 15.3. The first-order chi connectivity index (χ1) is 10.6. The van der Waals surface area contributed by atoms with Gasteiger partial charge in [0.05, 0.1) is 26.9 Å². The zero-order valence-corrected chi connectivity index (χ0v) is 14.1. The second-order valence-electron chi connectivity index (χ2n) is 5.35. The summed E-state index contributed by atoms with van der Waals surface area (Å²) in [6.45, 7) is 0. The van der Waals surface area contributed by atoms with Crippen molar-refractivity contribution in [1.82, 2.24) is 10.1 Å². The van der Waals surface area contributed by atoms with Gasteiger partial charge in [-0.3, -0.25) is 0 Å². The molecule has 0 bridgehead atoms. The van der Waals surface area contributed by atoms with Gasteiger partial charge in [0.15, 0.2) is 17.3 Å². The Bertz CT molecular complexity index is 660. The minimum atomic E-state index is -0.456. The fourth-order valence-electron chi connectivity index (χ4n) is 2.53. The summed E-state index contributed by atoms with van der Waals surface area (Å²) in [4.78, 5) is 4.43. The smallest absolute Gasteiger partial charge is 0.258 e. The lowest BCUT2D eigenvalue weighted by Crippen LogP contribution is -2.44. The van der Waals surface area contributed by atoms with Gasteiger partial charge in [-0.25, -0.2) is 0 Å². The van der Waals surface area contributed by atoms with E-state index in [9.17, 15) is 0 Å². The molecule has 0 spiro atoms. The predicted octanol–water partition coefficient (Wildman–Crippen LogP) is 2.52. The number of benzene rings is 1. The Kier molecular flexibility index (Phi) is 5.01. The topological polar surface area (TPSA) is 92.6 Å². The molecule has 0 aliphatic heterocycles. The number of hydrogen-bond acceptors (Lipinski definition) is 7. The highest BCUT2D eigenvalue weighted by Gasteiger charge is 2.39. The fourth-order valence-corrected chi connectivity index (χ4v) is 2.53. The number of hydrogen-bond donors (Lipinski definition) is 1. The van der Waals surface area contributed by atoms with Gasteiger partial charge in [-0.05, 0) is 31.4 Å². The maximum Gasteiger partial charge on any atom is 0.258 e. The van der Waals surface area contributed by atoms with Crippen LogP contribution in [-0.2, 0) is 5.54 Å². The van der Waals surface area contributed by atoms with Crippen molar-refractivity contribution in [3.8, 4) is 28.7 Å². The van der Waals surface area contributed by atoms with Crippen LogP contribution < -0.4 is 19.9 Å². The molecule has 0 saturated heterocycles. The quantitative estimate of drug-likeness (QED) is 0.893. The molecule has 1 saturated carbocycles. The lowest BCUT2D eigenvalue weighted by molar-refractivity contribution is 0.229. The molecule has 0 radical (unpaired) electrons. The number of rotatable bonds is 5. The summed E-state index contributed by atoms with van der Waals surface area (Å²) in [6.07, 6.45) is 2.84. The third-order valence-electron chi connectivity index (χ3n) is 4.03. The van der Waals surface area contributed by atoms with E-state index in [1.54, 1.807) is 33.5 Å². The lowest BCUT2D eigenvalue weighted by atomic mass is 9.77. The van der Waals surface area contributed by atoms with Crippen LogP contribution in [0.25, 0.3) is 11.5 Å². The minimum Gasteiger partial charge on any atom is -0.493 e. The fraction of sp³-hybridized carbons (Fsp3) is 0.467. The molecule has 1 fully saturated rings. The molecule has 0 unspecified atom stereocenters. The molecule has 1 aliphatic rings. The van der Waals surface area contributed by atoms with Gasteiger partial charge in [-0.15, -0.1) is 12.4 Å². The summed E-state index contributed by atoms with van der Waals surface area (Å²) in [5, 5.41) is 4.02. The summed E-state index contributed by atoms with van der Waals surface area (Å²) in [5.41, 5.74) is 6.45. The van der Waals surface area contributed by atoms with Crippen molar-refractivity contribution in [3.63, 3.8) is 0 Å². The van der Waals surface area contributed by atoms with E-state index in [0.717, 1.165) is 19.3 Å². The van der Waals surface area contributed by atoms with Crippen LogP contribution in [-0.4, -0.2) is 31.5 Å². The van der Waals surface area contributed by atoms with Crippen LogP contribution in [0.4, 0.5) is 0 Å². The van der Waals surface area contributed by atoms with Crippen LogP contribution in [0.15, 0.2) is 16.7 Å². The molecular weight excluding hydrogens is 322 g/mol. The molecule has 1 heterocycles. The van der Waals surface area contributed by atoms with E-state index in [0.29, 0.717) is 34.5 Å². The second kappa shape index (κ2) is 6.64. The summed E-state index contributed by atoms with van der Waals surface area (Å²) in [6, 6.07) is 3.53. The molecule has 8 heteroatoms. The Morgan fingerprint density at radius 2 is 1.70 bits per heavy atom. The second-order valence-corrected chi connectivity index (χ2v) is 5.35. The molecule has 0 atom stereocenters. The van der Waals surface area contributed by atoms with Gasteiger partial charge in [0.1, 0.15) is 0 Å². The highest BCUT2D eigenvalue weighted by atomic mass is 35.5. The van der Waals surface area contributed by atoms with Gasteiger partial charge in [0, 0.05) is 5.56 Å².